The van der Waals surface area contributed by atoms with Crippen LogP contribution in [0.25, 0.3) is 11.1 Å². The van der Waals surface area contributed by atoms with Crippen LogP contribution in [-0.4, -0.2) is 6.54 Å². The van der Waals surface area contributed by atoms with E-state index in [1.165, 1.54) is 56.6 Å². The van der Waals surface area contributed by atoms with Gasteiger partial charge in [0.2, 0.25) is 0 Å². The fourth-order valence-corrected chi connectivity index (χ4v) is 5.86. The Kier molecular flexibility index (Phi) is 3.78. The molecule has 0 aromatic heterocycles. The summed E-state index contributed by atoms with van der Waals surface area (Å²) in [6.07, 6.45) is 6.51. The fourth-order valence-electron chi connectivity index (χ4n) is 5.86. The van der Waals surface area contributed by atoms with Gasteiger partial charge < -0.3 is 4.90 Å². The summed E-state index contributed by atoms with van der Waals surface area (Å²) < 4.78 is 0. The molecule has 2 heteroatoms. The summed E-state index contributed by atoms with van der Waals surface area (Å²) in [7, 11) is 0. The van der Waals surface area contributed by atoms with Crippen LogP contribution in [0.2, 0.25) is 0 Å². The Balaban J connectivity index is 1.60. The van der Waals surface area contributed by atoms with Gasteiger partial charge in [-0.05, 0) is 83.0 Å². The number of fused-ring (bicyclic) bond motifs is 6. The Morgan fingerprint density at radius 1 is 0.724 bits per heavy atom. The van der Waals surface area contributed by atoms with Gasteiger partial charge in [0.05, 0.1) is 11.3 Å². The van der Waals surface area contributed by atoms with E-state index in [4.69, 9.17) is 0 Å². The van der Waals surface area contributed by atoms with Gasteiger partial charge in [0.25, 0.3) is 0 Å². The predicted octanol–water partition coefficient (Wildman–Crippen LogP) is 5.38. The van der Waals surface area contributed by atoms with Gasteiger partial charge >= 0.3 is 0 Å². The van der Waals surface area contributed by atoms with Gasteiger partial charge in [0.15, 0.2) is 0 Å². The van der Waals surface area contributed by atoms with E-state index in [9.17, 15) is 5.26 Å². The second-order valence-corrected chi connectivity index (χ2v) is 8.60. The third-order valence-electron chi connectivity index (χ3n) is 7.14. The quantitative estimate of drug-likeness (QED) is 0.570. The molecule has 142 valence electrons. The molecule has 1 aliphatic heterocycles. The predicted molar refractivity (Wildman–Crippen MR) is 117 cm³/mol. The van der Waals surface area contributed by atoms with E-state index in [2.05, 4.69) is 59.5 Å². The molecule has 3 aromatic carbocycles. The number of anilines is 1. The lowest BCUT2D eigenvalue weighted by Gasteiger charge is -2.36. The highest BCUT2D eigenvalue weighted by Gasteiger charge is 2.32. The lowest BCUT2D eigenvalue weighted by molar-refractivity contribution is 0.723. The topological polar surface area (TPSA) is 27.0 Å². The van der Waals surface area contributed by atoms with Crippen LogP contribution in [-0.2, 0) is 38.6 Å². The van der Waals surface area contributed by atoms with Crippen molar-refractivity contribution in [1.82, 2.24) is 0 Å². The molecule has 3 aliphatic rings. The standard InChI is InChI=1S/C27H24N2/c28-16-25-22-10-5-11-23(22)26-21-9-4-3-7-19(21)12-13-24(26)27(25)29-15-14-18-6-1-2-8-20(18)17-29/h1-4,6-9H,5,10-15,17H2. The number of rotatable bonds is 1. The molecule has 1 heterocycles. The Hall–Kier alpha value is -3.05. The van der Waals surface area contributed by atoms with E-state index in [-0.39, 0.29) is 0 Å². The fraction of sp³-hybridized carbons (Fsp3) is 0.296. The minimum atomic E-state index is 0.914. The second kappa shape index (κ2) is 6.49. The maximum absolute atomic E-state index is 10.2. The normalized spacial score (nSPS) is 16.4. The molecule has 0 atom stereocenters. The molecule has 0 saturated heterocycles. The molecule has 0 saturated carbocycles. The van der Waals surface area contributed by atoms with Crippen LogP contribution in [0.3, 0.4) is 0 Å². The summed E-state index contributed by atoms with van der Waals surface area (Å²) in [5.74, 6) is 0. The lowest BCUT2D eigenvalue weighted by Crippen LogP contribution is -2.32. The molecule has 0 unspecified atom stereocenters. The van der Waals surface area contributed by atoms with E-state index >= 15 is 0 Å². The van der Waals surface area contributed by atoms with Crippen LogP contribution >= 0.6 is 0 Å². The van der Waals surface area contributed by atoms with Crippen molar-refractivity contribution in [2.24, 2.45) is 0 Å². The first kappa shape index (κ1) is 16.9. The minimum Gasteiger partial charge on any atom is -0.366 e. The van der Waals surface area contributed by atoms with Crippen molar-refractivity contribution in [2.75, 3.05) is 11.4 Å². The lowest BCUT2D eigenvalue weighted by atomic mass is 9.78. The summed E-state index contributed by atoms with van der Waals surface area (Å²) >= 11 is 0. The van der Waals surface area contributed by atoms with Crippen molar-refractivity contribution >= 4 is 5.69 Å². The van der Waals surface area contributed by atoms with Crippen molar-refractivity contribution in [3.8, 4) is 17.2 Å². The molecule has 2 aliphatic carbocycles. The number of nitriles is 1. The monoisotopic (exact) mass is 376 g/mol. The van der Waals surface area contributed by atoms with Crippen molar-refractivity contribution in [1.29, 1.82) is 5.26 Å². The molecular weight excluding hydrogens is 352 g/mol. The van der Waals surface area contributed by atoms with Gasteiger partial charge in [0, 0.05) is 13.1 Å². The first-order chi connectivity index (χ1) is 14.3. The molecular formula is C27H24N2. The van der Waals surface area contributed by atoms with Crippen molar-refractivity contribution in [3.05, 3.63) is 87.5 Å². The van der Waals surface area contributed by atoms with E-state index in [1.807, 2.05) is 0 Å². The van der Waals surface area contributed by atoms with Crippen LogP contribution in [0.5, 0.6) is 0 Å². The third-order valence-corrected chi connectivity index (χ3v) is 7.14. The average molecular weight is 377 g/mol. The zero-order valence-corrected chi connectivity index (χ0v) is 16.7. The Morgan fingerprint density at radius 3 is 2.34 bits per heavy atom. The van der Waals surface area contributed by atoms with Crippen molar-refractivity contribution in [3.63, 3.8) is 0 Å². The highest BCUT2D eigenvalue weighted by molar-refractivity contribution is 5.87. The second-order valence-electron chi connectivity index (χ2n) is 8.60. The SMILES string of the molecule is N#Cc1c2c(c3c(c1N1CCc4ccccc4C1)CCc1ccccc1-3)CCC2. The number of aryl methyl sites for hydroxylation is 1. The molecule has 3 aromatic rings. The van der Waals surface area contributed by atoms with Gasteiger partial charge in [-0.3, -0.25) is 0 Å². The minimum absolute atomic E-state index is 0.914. The van der Waals surface area contributed by atoms with Gasteiger partial charge in [-0.1, -0.05) is 48.5 Å². The zero-order chi connectivity index (χ0) is 19.4. The van der Waals surface area contributed by atoms with Gasteiger partial charge in [0.1, 0.15) is 6.07 Å². The van der Waals surface area contributed by atoms with Gasteiger partial charge in [-0.25, -0.2) is 0 Å². The van der Waals surface area contributed by atoms with E-state index < -0.39 is 0 Å². The summed E-state index contributed by atoms with van der Waals surface area (Å²) in [4.78, 5) is 2.51. The molecule has 0 radical (unpaired) electrons. The van der Waals surface area contributed by atoms with E-state index in [0.29, 0.717) is 0 Å². The zero-order valence-electron chi connectivity index (χ0n) is 16.7. The molecule has 0 bridgehead atoms. The number of benzene rings is 3. The molecule has 29 heavy (non-hydrogen) atoms. The van der Waals surface area contributed by atoms with Crippen molar-refractivity contribution < 1.29 is 0 Å². The van der Waals surface area contributed by atoms with Crippen LogP contribution in [0.15, 0.2) is 48.5 Å². The molecule has 0 spiro atoms. The Bertz CT molecular complexity index is 1180. The summed E-state index contributed by atoms with van der Waals surface area (Å²) in [6, 6.07) is 20.4. The number of hydrogen-bond acceptors (Lipinski definition) is 2. The smallest absolute Gasteiger partial charge is 0.102 e. The summed E-state index contributed by atoms with van der Waals surface area (Å²) in [5, 5.41) is 10.2. The van der Waals surface area contributed by atoms with E-state index in [1.54, 1.807) is 0 Å². The van der Waals surface area contributed by atoms with E-state index in [0.717, 1.165) is 50.8 Å². The van der Waals surface area contributed by atoms with Crippen LogP contribution in [0.4, 0.5) is 5.69 Å². The van der Waals surface area contributed by atoms with Crippen LogP contribution < -0.4 is 4.90 Å². The first-order valence-corrected chi connectivity index (χ1v) is 10.9. The molecule has 0 fully saturated rings. The third kappa shape index (κ3) is 2.47. The largest absolute Gasteiger partial charge is 0.366 e. The number of nitrogens with zero attached hydrogens (tertiary/aromatic N) is 2. The number of hydrogen-bond donors (Lipinski definition) is 0. The maximum atomic E-state index is 10.2. The molecule has 0 amide bonds. The van der Waals surface area contributed by atoms with Gasteiger partial charge in [-0.15, -0.1) is 0 Å². The summed E-state index contributed by atoms with van der Waals surface area (Å²) in [6.45, 7) is 1.91. The maximum Gasteiger partial charge on any atom is 0.102 e. The summed E-state index contributed by atoms with van der Waals surface area (Å²) in [5.41, 5.74) is 13.6. The highest BCUT2D eigenvalue weighted by atomic mass is 15.1. The van der Waals surface area contributed by atoms with Crippen molar-refractivity contribution in [2.45, 2.75) is 45.1 Å². The van der Waals surface area contributed by atoms with Gasteiger partial charge in [-0.2, -0.15) is 5.26 Å². The first-order valence-electron chi connectivity index (χ1n) is 10.9. The molecule has 6 rings (SSSR count). The van der Waals surface area contributed by atoms with Crippen LogP contribution in [0.1, 0.15) is 45.4 Å². The highest BCUT2D eigenvalue weighted by Crippen LogP contribution is 2.48. The Morgan fingerprint density at radius 2 is 1.48 bits per heavy atom. The molecule has 0 N–H and O–H groups in total. The molecule has 2 nitrogen and oxygen atoms in total. The van der Waals surface area contributed by atoms with Crippen LogP contribution in [0, 0.1) is 11.3 Å². The Labute approximate surface area is 172 Å². The average Bonchev–Trinajstić information content (AvgIpc) is 3.27.